The number of piperazine rings is 1. The number of thiazole rings is 1. The van der Waals surface area contributed by atoms with Crippen LogP contribution in [0.4, 0.5) is 23.0 Å². The molecule has 29 heavy (non-hydrogen) atoms. The standard InChI is InChI=1S/C20H22N6O2S/c1-14-21-17(13-29-14)15-3-5-16(6-4-15)22-20-18(26(27)28)7-8-19(23-20)25-11-9-24(2)10-12-25/h3-8,13H,9-12H2,1-2H3,(H,22,23). The fourth-order valence-corrected chi connectivity index (χ4v) is 3.87. The third-order valence-electron chi connectivity index (χ3n) is 4.95. The molecule has 1 saturated heterocycles. The van der Waals surface area contributed by atoms with Gasteiger partial charge in [0.25, 0.3) is 0 Å². The smallest absolute Gasteiger partial charge is 0.311 e. The number of rotatable bonds is 5. The van der Waals surface area contributed by atoms with Crippen molar-refractivity contribution in [2.75, 3.05) is 43.4 Å². The molecule has 8 nitrogen and oxygen atoms in total. The first-order valence-electron chi connectivity index (χ1n) is 9.38. The Labute approximate surface area is 173 Å². The van der Waals surface area contributed by atoms with Crippen LogP contribution in [0.15, 0.2) is 41.8 Å². The van der Waals surface area contributed by atoms with Crippen molar-refractivity contribution >= 4 is 34.3 Å². The Kier molecular flexibility index (Phi) is 5.41. The Morgan fingerprint density at radius 2 is 1.79 bits per heavy atom. The first-order valence-corrected chi connectivity index (χ1v) is 10.3. The molecular formula is C20H22N6O2S. The molecule has 0 saturated carbocycles. The third kappa shape index (κ3) is 4.36. The average molecular weight is 411 g/mol. The van der Waals surface area contributed by atoms with Gasteiger partial charge in [-0.2, -0.15) is 0 Å². The van der Waals surface area contributed by atoms with E-state index < -0.39 is 4.92 Å². The molecule has 1 fully saturated rings. The van der Waals surface area contributed by atoms with Crippen molar-refractivity contribution in [3.05, 3.63) is 56.9 Å². The van der Waals surface area contributed by atoms with Gasteiger partial charge < -0.3 is 15.1 Å². The summed E-state index contributed by atoms with van der Waals surface area (Å²) < 4.78 is 0. The van der Waals surface area contributed by atoms with E-state index in [-0.39, 0.29) is 11.5 Å². The van der Waals surface area contributed by atoms with Gasteiger partial charge in [-0.1, -0.05) is 12.1 Å². The summed E-state index contributed by atoms with van der Waals surface area (Å²) in [5.41, 5.74) is 2.64. The van der Waals surface area contributed by atoms with Gasteiger partial charge in [0.15, 0.2) is 0 Å². The molecule has 0 aliphatic carbocycles. The van der Waals surface area contributed by atoms with Crippen LogP contribution in [0.1, 0.15) is 5.01 Å². The summed E-state index contributed by atoms with van der Waals surface area (Å²) in [7, 11) is 2.09. The van der Waals surface area contributed by atoms with Crippen molar-refractivity contribution in [3.63, 3.8) is 0 Å². The molecular weight excluding hydrogens is 388 g/mol. The zero-order valence-electron chi connectivity index (χ0n) is 16.3. The molecule has 0 spiro atoms. The lowest BCUT2D eigenvalue weighted by Crippen LogP contribution is -2.44. The largest absolute Gasteiger partial charge is 0.354 e. The summed E-state index contributed by atoms with van der Waals surface area (Å²) in [5.74, 6) is 1.00. The van der Waals surface area contributed by atoms with E-state index in [2.05, 4.69) is 32.1 Å². The predicted octanol–water partition coefficient (Wildman–Crippen LogP) is 3.92. The number of nitrogens with zero attached hydrogens (tertiary/aromatic N) is 5. The molecule has 4 rings (SSSR count). The fourth-order valence-electron chi connectivity index (χ4n) is 3.25. The number of nitro groups is 1. The van der Waals surface area contributed by atoms with Crippen LogP contribution in [0.2, 0.25) is 0 Å². The maximum atomic E-state index is 11.5. The molecule has 3 aromatic rings. The molecule has 1 N–H and O–H groups in total. The lowest BCUT2D eigenvalue weighted by atomic mass is 10.1. The van der Waals surface area contributed by atoms with Gasteiger partial charge in [0.1, 0.15) is 5.82 Å². The van der Waals surface area contributed by atoms with Crippen molar-refractivity contribution in [3.8, 4) is 11.3 Å². The van der Waals surface area contributed by atoms with E-state index in [1.165, 1.54) is 6.07 Å². The van der Waals surface area contributed by atoms with Gasteiger partial charge in [0, 0.05) is 48.9 Å². The summed E-state index contributed by atoms with van der Waals surface area (Å²) in [5, 5.41) is 17.6. The molecule has 2 aromatic heterocycles. The Hall–Kier alpha value is -3.04. The molecule has 3 heterocycles. The van der Waals surface area contributed by atoms with Crippen LogP contribution in [-0.4, -0.2) is 53.0 Å². The zero-order valence-corrected chi connectivity index (χ0v) is 17.1. The van der Waals surface area contributed by atoms with Gasteiger partial charge in [-0.05, 0) is 32.2 Å². The first kappa shape index (κ1) is 19.3. The number of likely N-dealkylation sites (N-methyl/N-ethyl adjacent to an activating group) is 1. The minimum Gasteiger partial charge on any atom is -0.354 e. The van der Waals surface area contributed by atoms with Crippen molar-refractivity contribution in [1.29, 1.82) is 0 Å². The second-order valence-electron chi connectivity index (χ2n) is 7.04. The van der Waals surface area contributed by atoms with Crippen molar-refractivity contribution in [1.82, 2.24) is 14.9 Å². The van der Waals surface area contributed by atoms with Crippen LogP contribution in [0.5, 0.6) is 0 Å². The van der Waals surface area contributed by atoms with Gasteiger partial charge in [0.2, 0.25) is 5.82 Å². The maximum absolute atomic E-state index is 11.5. The highest BCUT2D eigenvalue weighted by Crippen LogP contribution is 2.30. The molecule has 0 atom stereocenters. The Morgan fingerprint density at radius 3 is 2.41 bits per heavy atom. The zero-order chi connectivity index (χ0) is 20.4. The van der Waals surface area contributed by atoms with Gasteiger partial charge in [-0.25, -0.2) is 9.97 Å². The normalized spacial score (nSPS) is 14.8. The molecule has 1 aliphatic heterocycles. The molecule has 0 bridgehead atoms. The molecule has 1 aromatic carbocycles. The average Bonchev–Trinajstić information content (AvgIpc) is 3.15. The van der Waals surface area contributed by atoms with Crippen LogP contribution in [-0.2, 0) is 0 Å². The number of pyridine rings is 1. The highest BCUT2D eigenvalue weighted by atomic mass is 32.1. The Bertz CT molecular complexity index is 1010. The van der Waals surface area contributed by atoms with Crippen LogP contribution in [0.25, 0.3) is 11.3 Å². The minimum atomic E-state index is -0.407. The number of aryl methyl sites for hydroxylation is 1. The molecule has 0 radical (unpaired) electrons. The third-order valence-corrected chi connectivity index (χ3v) is 5.72. The fraction of sp³-hybridized carbons (Fsp3) is 0.300. The predicted molar refractivity (Wildman–Crippen MR) is 116 cm³/mol. The summed E-state index contributed by atoms with van der Waals surface area (Å²) in [6, 6.07) is 10.9. The lowest BCUT2D eigenvalue weighted by Gasteiger charge is -2.33. The number of nitrogens with one attached hydrogen (secondary N) is 1. The monoisotopic (exact) mass is 410 g/mol. The second-order valence-corrected chi connectivity index (χ2v) is 8.10. The number of hydrogen-bond donors (Lipinski definition) is 1. The summed E-state index contributed by atoms with van der Waals surface area (Å²) in [4.78, 5) is 24.5. The van der Waals surface area contributed by atoms with Crippen LogP contribution >= 0.6 is 11.3 Å². The highest BCUT2D eigenvalue weighted by molar-refractivity contribution is 7.09. The summed E-state index contributed by atoms with van der Waals surface area (Å²) in [6.07, 6.45) is 0. The second kappa shape index (κ2) is 8.14. The number of hydrogen-bond acceptors (Lipinski definition) is 8. The van der Waals surface area contributed by atoms with Crippen molar-refractivity contribution < 1.29 is 4.92 Å². The Balaban J connectivity index is 1.57. The van der Waals surface area contributed by atoms with E-state index in [4.69, 9.17) is 0 Å². The molecule has 1 aliphatic rings. The van der Waals surface area contributed by atoms with Gasteiger partial charge >= 0.3 is 5.69 Å². The number of aromatic nitrogens is 2. The minimum absolute atomic E-state index is 0.0397. The van der Waals surface area contributed by atoms with E-state index in [9.17, 15) is 10.1 Å². The molecule has 150 valence electrons. The van der Waals surface area contributed by atoms with Gasteiger partial charge in [0.05, 0.1) is 15.6 Å². The van der Waals surface area contributed by atoms with E-state index in [0.29, 0.717) is 0 Å². The number of benzene rings is 1. The SMILES string of the molecule is Cc1nc(-c2ccc(Nc3nc(N4CCN(C)CC4)ccc3[N+](=O)[O-])cc2)cs1. The van der Waals surface area contributed by atoms with Gasteiger partial charge in [-0.3, -0.25) is 10.1 Å². The van der Waals surface area contributed by atoms with Gasteiger partial charge in [-0.15, -0.1) is 11.3 Å². The van der Waals surface area contributed by atoms with E-state index in [0.717, 1.165) is 53.9 Å². The van der Waals surface area contributed by atoms with Crippen molar-refractivity contribution in [2.45, 2.75) is 6.92 Å². The molecule has 0 amide bonds. The maximum Gasteiger partial charge on any atom is 0.311 e. The van der Waals surface area contributed by atoms with Crippen LogP contribution in [0, 0.1) is 17.0 Å². The summed E-state index contributed by atoms with van der Waals surface area (Å²) in [6.45, 7) is 5.56. The summed E-state index contributed by atoms with van der Waals surface area (Å²) >= 11 is 1.61. The topological polar surface area (TPSA) is 87.4 Å². The van der Waals surface area contributed by atoms with Crippen molar-refractivity contribution in [2.24, 2.45) is 0 Å². The highest BCUT2D eigenvalue weighted by Gasteiger charge is 2.21. The van der Waals surface area contributed by atoms with E-state index >= 15 is 0 Å². The molecule has 0 unspecified atom stereocenters. The lowest BCUT2D eigenvalue weighted by molar-refractivity contribution is -0.384. The first-order chi connectivity index (χ1) is 14.0. The van der Waals surface area contributed by atoms with Crippen LogP contribution in [0.3, 0.4) is 0 Å². The van der Waals surface area contributed by atoms with E-state index in [1.807, 2.05) is 36.6 Å². The molecule has 9 heteroatoms. The van der Waals surface area contributed by atoms with Crippen LogP contribution < -0.4 is 10.2 Å². The van der Waals surface area contributed by atoms with E-state index in [1.54, 1.807) is 17.4 Å². The quantitative estimate of drug-likeness (QED) is 0.504. The Morgan fingerprint density at radius 1 is 1.07 bits per heavy atom. The number of anilines is 3.